The molecule has 6 nitrogen and oxygen atoms in total. The van der Waals surface area contributed by atoms with Crippen LogP contribution in [0.1, 0.15) is 22.5 Å². The number of nitrogens with one attached hydrogen (secondary N) is 1. The molecule has 0 saturated carbocycles. The van der Waals surface area contributed by atoms with Crippen LogP contribution in [0.25, 0.3) is 11.3 Å². The number of benzene rings is 2. The number of aryl methyl sites for hydroxylation is 1. The number of carbonyl (C=O) groups excluding carboxylic acids is 1. The molecular weight excluding hydrogens is 441 g/mol. The SMILES string of the molecule is Cc1cccc(CN(C=O)c2ccc(-c3ccccc3C#N)nc2NCCc2cccc(F)c2)n1. The Bertz CT molecular complexity index is 1380. The Morgan fingerprint density at radius 3 is 2.63 bits per heavy atom. The third-order valence-corrected chi connectivity index (χ3v) is 5.51. The standard InChI is InChI=1S/C28H24FN5O/c1-20-6-4-10-24(32-20)18-34(19-35)27-13-12-26(25-11-3-2-8-22(25)17-30)33-28(27)31-15-14-21-7-5-9-23(29)16-21/h2-13,16,19H,14-15,18H2,1H3,(H,31,33). The number of rotatable bonds is 9. The molecule has 0 fully saturated rings. The number of halogens is 1. The van der Waals surface area contributed by atoms with Crippen LogP contribution in [0, 0.1) is 24.1 Å². The molecule has 174 valence electrons. The lowest BCUT2D eigenvalue weighted by molar-refractivity contribution is -0.107. The van der Waals surface area contributed by atoms with E-state index in [4.69, 9.17) is 4.98 Å². The van der Waals surface area contributed by atoms with Gasteiger partial charge < -0.3 is 10.2 Å². The maximum absolute atomic E-state index is 13.6. The Morgan fingerprint density at radius 2 is 1.86 bits per heavy atom. The lowest BCUT2D eigenvalue weighted by Gasteiger charge is -2.21. The van der Waals surface area contributed by atoms with Gasteiger partial charge in [0.1, 0.15) is 5.82 Å². The first-order valence-corrected chi connectivity index (χ1v) is 11.2. The second-order valence-electron chi connectivity index (χ2n) is 8.03. The summed E-state index contributed by atoms with van der Waals surface area (Å²) in [7, 11) is 0. The normalized spacial score (nSPS) is 10.4. The number of pyridine rings is 2. The Hall–Kier alpha value is -4.57. The Balaban J connectivity index is 1.67. The van der Waals surface area contributed by atoms with Gasteiger partial charge >= 0.3 is 0 Å². The fraction of sp³-hybridized carbons (Fsp3) is 0.143. The fourth-order valence-electron chi connectivity index (χ4n) is 3.83. The largest absolute Gasteiger partial charge is 0.368 e. The number of aromatic nitrogens is 2. The van der Waals surface area contributed by atoms with Gasteiger partial charge in [-0.2, -0.15) is 5.26 Å². The average Bonchev–Trinajstić information content (AvgIpc) is 2.87. The molecule has 0 unspecified atom stereocenters. The smallest absolute Gasteiger partial charge is 0.214 e. The van der Waals surface area contributed by atoms with Crippen molar-refractivity contribution in [2.75, 3.05) is 16.8 Å². The van der Waals surface area contributed by atoms with E-state index < -0.39 is 0 Å². The van der Waals surface area contributed by atoms with Gasteiger partial charge in [-0.3, -0.25) is 9.78 Å². The van der Waals surface area contributed by atoms with Crippen molar-refractivity contribution in [3.8, 4) is 17.3 Å². The molecule has 0 saturated heterocycles. The minimum atomic E-state index is -0.283. The molecule has 2 aromatic carbocycles. The quantitative estimate of drug-likeness (QED) is 0.340. The van der Waals surface area contributed by atoms with Crippen LogP contribution in [-0.4, -0.2) is 22.9 Å². The molecule has 35 heavy (non-hydrogen) atoms. The molecule has 0 aliphatic heterocycles. The molecule has 1 N–H and O–H groups in total. The van der Waals surface area contributed by atoms with E-state index in [1.54, 1.807) is 29.2 Å². The Labute approximate surface area is 203 Å². The van der Waals surface area contributed by atoms with Crippen LogP contribution < -0.4 is 10.2 Å². The second-order valence-corrected chi connectivity index (χ2v) is 8.03. The maximum atomic E-state index is 13.6. The number of nitriles is 1. The third kappa shape index (κ3) is 5.87. The summed E-state index contributed by atoms with van der Waals surface area (Å²) in [6.45, 7) is 2.65. The number of anilines is 2. The van der Waals surface area contributed by atoms with E-state index in [2.05, 4.69) is 16.4 Å². The van der Waals surface area contributed by atoms with E-state index in [-0.39, 0.29) is 12.4 Å². The highest BCUT2D eigenvalue weighted by molar-refractivity contribution is 5.83. The van der Waals surface area contributed by atoms with E-state index >= 15 is 0 Å². The topological polar surface area (TPSA) is 81.9 Å². The molecule has 2 heterocycles. The first-order valence-electron chi connectivity index (χ1n) is 11.2. The van der Waals surface area contributed by atoms with Crippen molar-refractivity contribution in [3.63, 3.8) is 0 Å². The van der Waals surface area contributed by atoms with Crippen LogP contribution in [0.5, 0.6) is 0 Å². The molecule has 2 aromatic heterocycles. The van der Waals surface area contributed by atoms with Gasteiger partial charge in [-0.25, -0.2) is 9.37 Å². The van der Waals surface area contributed by atoms with Crippen molar-refractivity contribution < 1.29 is 9.18 Å². The monoisotopic (exact) mass is 465 g/mol. The summed E-state index contributed by atoms with van der Waals surface area (Å²) in [6.07, 6.45) is 1.32. The van der Waals surface area contributed by atoms with Crippen LogP contribution >= 0.6 is 0 Å². The van der Waals surface area contributed by atoms with Crippen molar-refractivity contribution in [2.45, 2.75) is 19.9 Å². The van der Waals surface area contributed by atoms with Crippen molar-refractivity contribution in [1.29, 1.82) is 5.26 Å². The van der Waals surface area contributed by atoms with Gasteiger partial charge in [0.2, 0.25) is 6.41 Å². The van der Waals surface area contributed by atoms with Crippen molar-refractivity contribution >= 4 is 17.9 Å². The molecule has 0 aliphatic rings. The van der Waals surface area contributed by atoms with E-state index in [1.807, 2.05) is 49.4 Å². The van der Waals surface area contributed by atoms with Crippen LogP contribution in [0.3, 0.4) is 0 Å². The summed E-state index contributed by atoms with van der Waals surface area (Å²) in [5.74, 6) is 0.209. The zero-order chi connectivity index (χ0) is 24.6. The van der Waals surface area contributed by atoms with Gasteiger partial charge in [-0.05, 0) is 61.4 Å². The number of amides is 1. The summed E-state index contributed by atoms with van der Waals surface area (Å²) in [5.41, 5.74) is 4.87. The molecule has 0 radical (unpaired) electrons. The molecule has 7 heteroatoms. The summed E-state index contributed by atoms with van der Waals surface area (Å²) in [5, 5.41) is 12.8. The third-order valence-electron chi connectivity index (χ3n) is 5.51. The fourth-order valence-corrected chi connectivity index (χ4v) is 3.83. The Kier molecular flexibility index (Phi) is 7.44. The van der Waals surface area contributed by atoms with Gasteiger partial charge in [0.05, 0.1) is 35.3 Å². The van der Waals surface area contributed by atoms with Gasteiger partial charge in [-0.1, -0.05) is 36.4 Å². The minimum Gasteiger partial charge on any atom is -0.368 e. The first kappa shape index (κ1) is 23.6. The maximum Gasteiger partial charge on any atom is 0.214 e. The molecule has 0 bridgehead atoms. The van der Waals surface area contributed by atoms with Gasteiger partial charge in [0.25, 0.3) is 0 Å². The molecule has 0 atom stereocenters. The summed E-state index contributed by atoms with van der Waals surface area (Å²) >= 11 is 0. The molecular formula is C28H24FN5O. The van der Waals surface area contributed by atoms with Gasteiger partial charge in [0.15, 0.2) is 5.82 Å². The molecule has 4 rings (SSSR count). The number of nitrogens with zero attached hydrogens (tertiary/aromatic N) is 4. The Morgan fingerprint density at radius 1 is 1.03 bits per heavy atom. The van der Waals surface area contributed by atoms with E-state index in [9.17, 15) is 14.4 Å². The highest BCUT2D eigenvalue weighted by Gasteiger charge is 2.16. The zero-order valence-electron chi connectivity index (χ0n) is 19.3. The van der Waals surface area contributed by atoms with Crippen molar-refractivity contribution in [3.05, 3.63) is 107 Å². The second kappa shape index (κ2) is 11.0. The lowest BCUT2D eigenvalue weighted by Crippen LogP contribution is -2.23. The van der Waals surface area contributed by atoms with Crippen LogP contribution in [0.2, 0.25) is 0 Å². The summed E-state index contributed by atoms with van der Waals surface area (Å²) in [4.78, 5) is 22.9. The highest BCUT2D eigenvalue weighted by atomic mass is 19.1. The number of carbonyl (C=O) groups is 1. The molecule has 1 amide bonds. The predicted molar refractivity (Wildman–Crippen MR) is 134 cm³/mol. The summed E-state index contributed by atoms with van der Waals surface area (Å²) < 4.78 is 13.6. The molecule has 0 aliphatic carbocycles. The molecule has 4 aromatic rings. The van der Waals surface area contributed by atoms with Crippen molar-refractivity contribution in [1.82, 2.24) is 9.97 Å². The van der Waals surface area contributed by atoms with Crippen LogP contribution in [0.15, 0.2) is 78.9 Å². The molecule has 0 spiro atoms. The van der Waals surface area contributed by atoms with Crippen LogP contribution in [0.4, 0.5) is 15.9 Å². The lowest BCUT2D eigenvalue weighted by atomic mass is 10.0. The number of hydrogen-bond donors (Lipinski definition) is 1. The zero-order valence-corrected chi connectivity index (χ0v) is 19.3. The predicted octanol–water partition coefficient (Wildman–Crippen LogP) is 5.28. The van der Waals surface area contributed by atoms with Crippen LogP contribution in [-0.2, 0) is 17.8 Å². The van der Waals surface area contributed by atoms with E-state index in [1.165, 1.54) is 12.1 Å². The highest BCUT2D eigenvalue weighted by Crippen LogP contribution is 2.30. The van der Waals surface area contributed by atoms with Gasteiger partial charge in [-0.15, -0.1) is 0 Å². The van der Waals surface area contributed by atoms with E-state index in [0.29, 0.717) is 41.3 Å². The minimum absolute atomic E-state index is 0.277. The number of hydrogen-bond acceptors (Lipinski definition) is 5. The van der Waals surface area contributed by atoms with Crippen molar-refractivity contribution in [2.24, 2.45) is 0 Å². The van der Waals surface area contributed by atoms with Gasteiger partial charge in [0, 0.05) is 17.8 Å². The summed E-state index contributed by atoms with van der Waals surface area (Å²) in [6, 6.07) is 25.2. The van der Waals surface area contributed by atoms with E-state index in [0.717, 1.165) is 23.4 Å². The average molecular weight is 466 g/mol. The first-order chi connectivity index (χ1) is 17.1.